The quantitative estimate of drug-likeness (QED) is 0.482. The molecular weight excluding hydrogens is 491 g/mol. The molecule has 7 heteroatoms. The summed E-state index contributed by atoms with van der Waals surface area (Å²) in [5.41, 5.74) is 6.24. The Labute approximate surface area is 219 Å². The Bertz CT molecular complexity index is 1150. The minimum absolute atomic E-state index is 0. The minimum Gasteiger partial charge on any atom is -0.481 e. The predicted octanol–water partition coefficient (Wildman–Crippen LogP) is 4.64. The Balaban J connectivity index is 0.00000306. The zero-order valence-corrected chi connectivity index (χ0v) is 22.1. The molecule has 1 saturated carbocycles. The molecule has 1 radical (unpaired) electrons. The molecule has 6 nitrogen and oxygen atoms in total. The van der Waals surface area contributed by atoms with Gasteiger partial charge in [0, 0.05) is 44.3 Å². The first-order chi connectivity index (χ1) is 15.3. The third-order valence-electron chi connectivity index (χ3n) is 6.32. The van der Waals surface area contributed by atoms with Crippen LogP contribution in [0.5, 0.6) is 0 Å². The summed E-state index contributed by atoms with van der Waals surface area (Å²) in [6.07, 6.45) is 2.51. The molecule has 0 bridgehead atoms. The van der Waals surface area contributed by atoms with Crippen LogP contribution in [0.1, 0.15) is 52.9 Å². The summed E-state index contributed by atoms with van der Waals surface area (Å²) in [6, 6.07) is 16.9. The van der Waals surface area contributed by atoms with Crippen LogP contribution in [-0.4, -0.2) is 32.8 Å². The molecule has 169 valence electrons. The van der Waals surface area contributed by atoms with Crippen LogP contribution in [0, 0.1) is 32.8 Å². The van der Waals surface area contributed by atoms with Crippen LogP contribution < -0.4 is 5.32 Å². The van der Waals surface area contributed by atoms with Gasteiger partial charge < -0.3 is 10.4 Å². The van der Waals surface area contributed by atoms with E-state index in [1.807, 2.05) is 54.9 Å². The molecule has 2 N–H and O–H groups in total. The second kappa shape index (κ2) is 10.7. The van der Waals surface area contributed by atoms with Crippen LogP contribution in [0.25, 0.3) is 16.9 Å². The maximum absolute atomic E-state index is 13.2. The van der Waals surface area contributed by atoms with Crippen LogP contribution >= 0.6 is 0 Å². The fraction of sp³-hybridized carbons (Fsp3) is 0.346. The molecule has 0 aliphatic heterocycles. The zero-order chi connectivity index (χ0) is 22.8. The van der Waals surface area contributed by atoms with E-state index in [-0.39, 0.29) is 50.6 Å². The number of carbonyl (C=O) groups is 2. The van der Waals surface area contributed by atoms with Gasteiger partial charge in [0.2, 0.25) is 0 Å². The second-order valence-electron chi connectivity index (χ2n) is 8.67. The maximum Gasteiger partial charge on any atom is 0.306 e. The van der Waals surface area contributed by atoms with Crippen molar-refractivity contribution in [3.8, 4) is 16.9 Å². The van der Waals surface area contributed by atoms with E-state index >= 15 is 0 Å². The van der Waals surface area contributed by atoms with Gasteiger partial charge in [-0.15, -0.1) is 5.56 Å². The largest absolute Gasteiger partial charge is 0.481 e. The van der Waals surface area contributed by atoms with Crippen LogP contribution in [0.3, 0.4) is 0 Å². The fourth-order valence-corrected chi connectivity index (χ4v) is 4.55. The molecule has 1 heterocycles. The van der Waals surface area contributed by atoms with Gasteiger partial charge in [0.25, 0.3) is 5.91 Å². The first-order valence-corrected chi connectivity index (χ1v) is 11.0. The summed E-state index contributed by atoms with van der Waals surface area (Å²) in [7, 11) is 0. The molecule has 0 spiro atoms. The maximum atomic E-state index is 13.2. The van der Waals surface area contributed by atoms with Gasteiger partial charge in [0.15, 0.2) is 5.69 Å². The third-order valence-corrected chi connectivity index (χ3v) is 6.32. The Morgan fingerprint density at radius 3 is 2.33 bits per heavy atom. The van der Waals surface area contributed by atoms with Gasteiger partial charge in [-0.2, -0.15) is 35.4 Å². The first-order valence-electron chi connectivity index (χ1n) is 11.0. The summed E-state index contributed by atoms with van der Waals surface area (Å²) < 4.78 is 1.86. The van der Waals surface area contributed by atoms with E-state index in [0.717, 1.165) is 28.1 Å². The minimum atomic E-state index is -0.748. The van der Waals surface area contributed by atoms with E-state index in [1.165, 1.54) is 5.56 Å². The van der Waals surface area contributed by atoms with Crippen LogP contribution in [0.4, 0.5) is 0 Å². The molecule has 1 aliphatic rings. The summed E-state index contributed by atoms with van der Waals surface area (Å²) >= 11 is 0. The van der Waals surface area contributed by atoms with E-state index in [1.54, 1.807) is 0 Å². The topological polar surface area (TPSA) is 84.2 Å². The Morgan fingerprint density at radius 2 is 1.73 bits per heavy atom. The van der Waals surface area contributed by atoms with E-state index in [2.05, 4.69) is 24.4 Å². The third kappa shape index (κ3) is 5.44. The number of carboxylic acid groups (broad SMARTS) is 1. The van der Waals surface area contributed by atoms with Crippen molar-refractivity contribution in [1.82, 2.24) is 15.1 Å². The van der Waals surface area contributed by atoms with Gasteiger partial charge in [0.1, 0.15) is 0 Å². The monoisotopic (exact) mass is 519 g/mol. The summed E-state index contributed by atoms with van der Waals surface area (Å²) in [5, 5.41) is 17.1. The Hall–Kier alpha value is -2.31. The average molecular weight is 519 g/mol. The number of hydrogen-bond donors (Lipinski definition) is 2. The second-order valence-corrected chi connectivity index (χ2v) is 8.67. The van der Waals surface area contributed by atoms with Crippen molar-refractivity contribution in [1.29, 1.82) is 0 Å². The van der Waals surface area contributed by atoms with Crippen LogP contribution in [0.2, 0.25) is 0 Å². The number of benzene rings is 2. The molecule has 0 saturated heterocycles. The molecule has 1 aliphatic carbocycles. The van der Waals surface area contributed by atoms with Crippen molar-refractivity contribution in [2.75, 3.05) is 0 Å². The number of amides is 1. The van der Waals surface area contributed by atoms with Gasteiger partial charge in [-0.25, -0.2) is 4.68 Å². The van der Waals surface area contributed by atoms with Crippen molar-refractivity contribution < 1.29 is 47.4 Å². The Kier molecular flexibility index (Phi) is 8.25. The fourth-order valence-electron chi connectivity index (χ4n) is 4.55. The normalized spacial score (nSPS) is 17.8. The molecule has 4 rings (SSSR count). The number of aryl methyl sites for hydroxylation is 2. The molecule has 0 atom stereocenters. The van der Waals surface area contributed by atoms with E-state index in [9.17, 15) is 14.7 Å². The molecule has 3 aromatic rings. The molecular formula is C26H28N3O3Y-. The van der Waals surface area contributed by atoms with Gasteiger partial charge in [0.05, 0.1) is 17.3 Å². The van der Waals surface area contributed by atoms with E-state index in [4.69, 9.17) is 5.10 Å². The van der Waals surface area contributed by atoms with Gasteiger partial charge in [-0.05, 0) is 58.1 Å². The summed E-state index contributed by atoms with van der Waals surface area (Å²) in [4.78, 5) is 24.4. The summed E-state index contributed by atoms with van der Waals surface area (Å²) in [5.74, 6) is -1.27. The number of hydrogen-bond acceptors (Lipinski definition) is 3. The number of nitrogens with zero attached hydrogens (tertiary/aromatic N) is 2. The van der Waals surface area contributed by atoms with Crippen molar-refractivity contribution in [3.63, 3.8) is 0 Å². The van der Waals surface area contributed by atoms with Gasteiger partial charge in [-0.1, -0.05) is 17.7 Å². The SMILES string of the molecule is Cc1ccc(-n2nc(C(=O)NC3CCC(C(=O)O)CC3)c(C)c2-c2cc[c-]cc2)c(C)c1.[Y]. The average Bonchev–Trinajstić information content (AvgIpc) is 3.11. The van der Waals surface area contributed by atoms with Gasteiger partial charge in [-0.3, -0.25) is 9.59 Å². The number of carboxylic acids is 1. The molecule has 0 unspecified atom stereocenters. The van der Waals surface area contributed by atoms with Gasteiger partial charge >= 0.3 is 5.97 Å². The number of carbonyl (C=O) groups excluding carboxylic acids is 1. The van der Waals surface area contributed by atoms with E-state index in [0.29, 0.717) is 31.4 Å². The molecule has 2 aromatic carbocycles. The first kappa shape index (κ1) is 25.3. The van der Waals surface area contributed by atoms with Crippen LogP contribution in [-0.2, 0) is 37.5 Å². The van der Waals surface area contributed by atoms with Crippen molar-refractivity contribution in [2.24, 2.45) is 5.92 Å². The molecule has 33 heavy (non-hydrogen) atoms. The Morgan fingerprint density at radius 1 is 1.06 bits per heavy atom. The molecule has 1 aromatic heterocycles. The standard InChI is InChI=1S/C26H28N3O3.Y/c1-16-9-14-22(17(2)15-16)29-24(19-7-5-4-6-8-19)18(3)23(28-29)25(30)27-21-12-10-20(11-13-21)26(31)32;/h5-9,14-15,20-21H,10-13H2,1-3H3,(H,27,30)(H,31,32);/q-1;. The van der Waals surface area contributed by atoms with E-state index < -0.39 is 5.97 Å². The van der Waals surface area contributed by atoms with Crippen molar-refractivity contribution >= 4 is 11.9 Å². The van der Waals surface area contributed by atoms with Crippen molar-refractivity contribution in [3.05, 3.63) is 70.9 Å². The predicted molar refractivity (Wildman–Crippen MR) is 123 cm³/mol. The number of rotatable bonds is 5. The molecule has 1 amide bonds. The molecule has 1 fully saturated rings. The smallest absolute Gasteiger partial charge is 0.306 e. The number of nitrogens with one attached hydrogen (secondary N) is 1. The van der Waals surface area contributed by atoms with Crippen LogP contribution in [0.15, 0.2) is 42.5 Å². The van der Waals surface area contributed by atoms with Crippen molar-refractivity contribution in [2.45, 2.75) is 52.5 Å². The number of aromatic nitrogens is 2. The summed E-state index contributed by atoms with van der Waals surface area (Å²) in [6.45, 7) is 6.02. The number of aliphatic carboxylic acids is 1. The zero-order valence-electron chi connectivity index (χ0n) is 19.3.